The molecule has 1 heterocycles. The van der Waals surface area contributed by atoms with Gasteiger partial charge in [-0.1, -0.05) is 48.0 Å². The molecule has 6 nitrogen and oxygen atoms in total. The van der Waals surface area contributed by atoms with Gasteiger partial charge in [0.25, 0.3) is 5.91 Å². The molecule has 1 aliphatic rings. The molecule has 1 fully saturated rings. The Morgan fingerprint density at radius 1 is 1.05 bits per heavy atom. The van der Waals surface area contributed by atoms with E-state index < -0.39 is 0 Å². The number of amides is 1. The molecule has 0 radical (unpaired) electrons. The number of benzene rings is 3. The number of rotatable bonds is 12. The lowest BCUT2D eigenvalue weighted by Gasteiger charge is -2.32. The van der Waals surface area contributed by atoms with Gasteiger partial charge >= 0.3 is 0 Å². The van der Waals surface area contributed by atoms with Gasteiger partial charge in [0, 0.05) is 19.2 Å². The van der Waals surface area contributed by atoms with Crippen LogP contribution in [-0.4, -0.2) is 50.7 Å². The molecular formula is C30H39Cl2N3O3. The van der Waals surface area contributed by atoms with Gasteiger partial charge in [-0.05, 0) is 86.1 Å². The van der Waals surface area contributed by atoms with Crippen molar-refractivity contribution < 1.29 is 14.3 Å². The average molecular weight is 561 g/mol. The highest BCUT2D eigenvalue weighted by Gasteiger charge is 2.21. The Bertz CT molecular complexity index is 1180. The Labute approximate surface area is 237 Å². The van der Waals surface area contributed by atoms with Crippen LogP contribution in [0.2, 0.25) is 5.02 Å². The fraction of sp³-hybridized carbons (Fsp3) is 0.433. The molecule has 1 saturated heterocycles. The lowest BCUT2D eigenvalue weighted by atomic mass is 9.96. The van der Waals surface area contributed by atoms with Gasteiger partial charge in [0.15, 0.2) is 0 Å². The summed E-state index contributed by atoms with van der Waals surface area (Å²) in [5.41, 5.74) is 7.86. The van der Waals surface area contributed by atoms with Gasteiger partial charge in [-0.2, -0.15) is 0 Å². The maximum absolute atomic E-state index is 12.7. The van der Waals surface area contributed by atoms with E-state index in [2.05, 4.69) is 52.7 Å². The molecule has 0 aliphatic carbocycles. The highest BCUT2D eigenvalue weighted by atomic mass is 35.5. The second-order valence-corrected chi connectivity index (χ2v) is 10.3. The molecule has 3 N–H and O–H groups in total. The van der Waals surface area contributed by atoms with Gasteiger partial charge < -0.3 is 25.4 Å². The zero-order valence-electron chi connectivity index (χ0n) is 22.1. The summed E-state index contributed by atoms with van der Waals surface area (Å²) in [5.74, 6) is 0.747. The number of fused-ring (bicyclic) bond motifs is 1. The lowest BCUT2D eigenvalue weighted by molar-refractivity contribution is 0.0932. The van der Waals surface area contributed by atoms with Crippen molar-refractivity contribution in [2.24, 2.45) is 5.92 Å². The van der Waals surface area contributed by atoms with E-state index in [1.54, 1.807) is 12.1 Å². The van der Waals surface area contributed by atoms with Crippen LogP contribution in [0.5, 0.6) is 5.75 Å². The van der Waals surface area contributed by atoms with Crippen LogP contribution in [0.4, 0.5) is 5.69 Å². The maximum Gasteiger partial charge on any atom is 0.255 e. The summed E-state index contributed by atoms with van der Waals surface area (Å²) in [6, 6.07) is 18.1. The summed E-state index contributed by atoms with van der Waals surface area (Å²) in [4.78, 5) is 15.2. The molecule has 1 aliphatic heterocycles. The van der Waals surface area contributed by atoms with Crippen LogP contribution in [0.1, 0.15) is 48.0 Å². The van der Waals surface area contributed by atoms with Gasteiger partial charge in [0.1, 0.15) is 5.75 Å². The number of piperidine rings is 1. The first kappa shape index (κ1) is 30.0. The summed E-state index contributed by atoms with van der Waals surface area (Å²) < 4.78 is 11.2. The van der Waals surface area contributed by atoms with E-state index in [-0.39, 0.29) is 18.3 Å². The van der Waals surface area contributed by atoms with E-state index >= 15 is 0 Å². The monoisotopic (exact) mass is 559 g/mol. The van der Waals surface area contributed by atoms with Crippen molar-refractivity contribution in [3.05, 3.63) is 70.7 Å². The number of unbranched alkanes of at least 4 members (excludes halogenated alkanes) is 2. The molecule has 8 heteroatoms. The number of nitrogen functional groups attached to an aromatic ring is 1. The fourth-order valence-corrected chi connectivity index (χ4v) is 5.06. The van der Waals surface area contributed by atoms with Crippen LogP contribution < -0.4 is 15.8 Å². The predicted octanol–water partition coefficient (Wildman–Crippen LogP) is 6.33. The van der Waals surface area contributed by atoms with Crippen LogP contribution in [0, 0.1) is 5.92 Å². The first-order valence-electron chi connectivity index (χ1n) is 13.2. The van der Waals surface area contributed by atoms with Crippen LogP contribution >= 0.6 is 24.0 Å². The minimum Gasteiger partial charge on any atom is -0.496 e. The number of hydrogen-bond donors (Lipinski definition) is 2. The Kier molecular flexibility index (Phi) is 12.0. The number of anilines is 1. The van der Waals surface area contributed by atoms with E-state index in [0.717, 1.165) is 45.5 Å². The molecule has 3 aromatic rings. The van der Waals surface area contributed by atoms with E-state index in [0.29, 0.717) is 41.1 Å². The van der Waals surface area contributed by atoms with Crippen molar-refractivity contribution in [3.8, 4) is 5.75 Å². The highest BCUT2D eigenvalue weighted by molar-refractivity contribution is 6.33. The number of halogens is 2. The SMILES string of the molecule is COc1cc(N)c(Cl)cc1C(=O)NCC1CCN(CCCCCOCc2ccc3ccccc3c2)CC1.Cl. The summed E-state index contributed by atoms with van der Waals surface area (Å²) in [7, 11) is 1.52. The molecule has 206 valence electrons. The molecule has 38 heavy (non-hydrogen) atoms. The van der Waals surface area contributed by atoms with Crippen LogP contribution in [0.15, 0.2) is 54.6 Å². The maximum atomic E-state index is 12.7. The third-order valence-electron chi connectivity index (χ3n) is 7.17. The van der Waals surface area contributed by atoms with E-state index in [4.69, 9.17) is 26.8 Å². The number of carbonyl (C=O) groups excluding carboxylic acids is 1. The second kappa shape index (κ2) is 15.2. The Morgan fingerprint density at radius 2 is 1.82 bits per heavy atom. The summed E-state index contributed by atoms with van der Waals surface area (Å²) >= 11 is 6.10. The predicted molar refractivity (Wildman–Crippen MR) is 159 cm³/mol. The molecule has 0 spiro atoms. The zero-order chi connectivity index (χ0) is 26.0. The highest BCUT2D eigenvalue weighted by Crippen LogP contribution is 2.29. The van der Waals surface area contributed by atoms with Gasteiger partial charge in [0.2, 0.25) is 0 Å². The number of nitrogens with zero attached hydrogens (tertiary/aromatic N) is 1. The number of hydrogen-bond acceptors (Lipinski definition) is 5. The first-order chi connectivity index (χ1) is 18.0. The topological polar surface area (TPSA) is 76.8 Å². The van der Waals surface area contributed by atoms with Gasteiger partial charge in [0.05, 0.1) is 30.0 Å². The molecule has 0 aromatic heterocycles. The van der Waals surface area contributed by atoms with Gasteiger partial charge in [-0.3, -0.25) is 4.79 Å². The normalized spacial score (nSPS) is 14.3. The molecule has 4 rings (SSSR count). The van der Waals surface area contributed by atoms with E-state index in [1.807, 2.05) is 0 Å². The molecule has 0 atom stereocenters. The Hall–Kier alpha value is -2.51. The number of nitrogens with one attached hydrogen (secondary N) is 1. The average Bonchev–Trinajstić information content (AvgIpc) is 2.93. The third kappa shape index (κ3) is 8.50. The van der Waals surface area contributed by atoms with Crippen molar-refractivity contribution in [2.45, 2.75) is 38.7 Å². The molecular weight excluding hydrogens is 521 g/mol. The zero-order valence-corrected chi connectivity index (χ0v) is 23.7. The van der Waals surface area contributed by atoms with Crippen LogP contribution in [0.25, 0.3) is 10.8 Å². The first-order valence-corrected chi connectivity index (χ1v) is 13.6. The number of ether oxygens (including phenoxy) is 2. The number of methoxy groups -OCH3 is 1. The van der Waals surface area contributed by atoms with Crippen molar-refractivity contribution in [3.63, 3.8) is 0 Å². The van der Waals surface area contributed by atoms with E-state index in [1.165, 1.54) is 36.3 Å². The number of nitrogens with two attached hydrogens (primary N) is 1. The molecule has 0 saturated carbocycles. The fourth-order valence-electron chi connectivity index (χ4n) is 4.90. The largest absolute Gasteiger partial charge is 0.496 e. The number of carbonyl (C=O) groups is 1. The molecule has 3 aromatic carbocycles. The summed E-state index contributed by atoms with van der Waals surface area (Å²) in [6.07, 6.45) is 5.65. The third-order valence-corrected chi connectivity index (χ3v) is 7.49. The lowest BCUT2D eigenvalue weighted by Crippen LogP contribution is -2.39. The van der Waals surface area contributed by atoms with Crippen molar-refractivity contribution in [1.29, 1.82) is 0 Å². The van der Waals surface area contributed by atoms with Crippen molar-refractivity contribution >= 4 is 46.4 Å². The summed E-state index contributed by atoms with van der Waals surface area (Å²) in [6.45, 7) is 5.43. The molecule has 0 unspecified atom stereocenters. The molecule has 1 amide bonds. The molecule has 0 bridgehead atoms. The second-order valence-electron chi connectivity index (χ2n) is 9.86. The number of likely N-dealkylation sites (tertiary alicyclic amines) is 1. The van der Waals surface area contributed by atoms with Gasteiger partial charge in [-0.15, -0.1) is 12.4 Å². The van der Waals surface area contributed by atoms with Gasteiger partial charge in [-0.25, -0.2) is 0 Å². The quantitative estimate of drug-likeness (QED) is 0.200. The Balaban J connectivity index is 0.00000400. The van der Waals surface area contributed by atoms with Crippen molar-refractivity contribution in [2.75, 3.05) is 45.6 Å². The van der Waals surface area contributed by atoms with Crippen LogP contribution in [-0.2, 0) is 11.3 Å². The van der Waals surface area contributed by atoms with Crippen LogP contribution in [0.3, 0.4) is 0 Å². The smallest absolute Gasteiger partial charge is 0.255 e. The minimum absolute atomic E-state index is 0. The van der Waals surface area contributed by atoms with Crippen molar-refractivity contribution in [1.82, 2.24) is 10.2 Å². The minimum atomic E-state index is -0.177. The van der Waals surface area contributed by atoms with E-state index in [9.17, 15) is 4.79 Å². The summed E-state index contributed by atoms with van der Waals surface area (Å²) in [5, 5.41) is 5.94. The standard InChI is InChI=1S/C30H38ClN3O3.ClH/c1-36-29-19-28(32)27(31)18-26(29)30(35)33-20-22-11-14-34(15-12-22)13-5-2-6-16-37-21-23-9-10-24-7-3-4-8-25(24)17-23;/h3-4,7-10,17-19,22H,2,5-6,11-16,20-21,32H2,1H3,(H,33,35);1H. The Morgan fingerprint density at radius 3 is 2.58 bits per heavy atom.